The zero-order valence-electron chi connectivity index (χ0n) is 7.20. The number of carboxylic acids is 1. The summed E-state index contributed by atoms with van der Waals surface area (Å²) in [5, 5.41) is 8.60. The van der Waals surface area contributed by atoms with Crippen molar-refractivity contribution in [3.05, 3.63) is 29.8 Å². The molecule has 1 N–H and O–H groups in total. The van der Waals surface area contributed by atoms with E-state index in [4.69, 9.17) is 5.11 Å². The smallest absolute Gasteiger partial charge is 0.306 e. The Bertz CT molecular complexity index is 314. The van der Waals surface area contributed by atoms with Crippen molar-refractivity contribution in [1.82, 2.24) is 4.98 Å². The average Bonchev–Trinajstić information content (AvgIpc) is 2.08. The SMILES string of the molecule is CC(Cc1ccncc1F)C(=O)O. The molecule has 3 nitrogen and oxygen atoms in total. The highest BCUT2D eigenvalue weighted by molar-refractivity contribution is 5.69. The summed E-state index contributed by atoms with van der Waals surface area (Å²) < 4.78 is 13.0. The number of rotatable bonds is 3. The van der Waals surface area contributed by atoms with Gasteiger partial charge in [-0.3, -0.25) is 9.78 Å². The Kier molecular flexibility index (Phi) is 2.95. The fourth-order valence-electron chi connectivity index (χ4n) is 0.987. The summed E-state index contributed by atoms with van der Waals surface area (Å²) in [7, 11) is 0. The van der Waals surface area contributed by atoms with E-state index in [-0.39, 0.29) is 6.42 Å². The highest BCUT2D eigenvalue weighted by Crippen LogP contribution is 2.11. The van der Waals surface area contributed by atoms with Crippen LogP contribution in [0, 0.1) is 11.7 Å². The van der Waals surface area contributed by atoms with Gasteiger partial charge in [0.05, 0.1) is 12.1 Å². The first-order chi connectivity index (χ1) is 6.11. The Balaban J connectivity index is 2.74. The first-order valence-electron chi connectivity index (χ1n) is 3.92. The lowest BCUT2D eigenvalue weighted by atomic mass is 10.0. The van der Waals surface area contributed by atoms with Gasteiger partial charge in [0.15, 0.2) is 0 Å². The van der Waals surface area contributed by atoms with Crippen molar-refractivity contribution in [1.29, 1.82) is 0 Å². The van der Waals surface area contributed by atoms with Crippen LogP contribution in [-0.4, -0.2) is 16.1 Å². The summed E-state index contributed by atoms with van der Waals surface area (Å²) >= 11 is 0. The zero-order valence-corrected chi connectivity index (χ0v) is 7.20. The minimum atomic E-state index is -0.920. The third-order valence-corrected chi connectivity index (χ3v) is 1.80. The molecule has 0 fully saturated rings. The first-order valence-corrected chi connectivity index (χ1v) is 3.92. The van der Waals surface area contributed by atoms with E-state index in [1.165, 1.54) is 12.3 Å². The number of aliphatic carboxylic acids is 1. The van der Waals surface area contributed by atoms with Crippen LogP contribution in [0.5, 0.6) is 0 Å². The molecule has 1 atom stereocenters. The molecule has 0 saturated heterocycles. The molecular formula is C9H10FNO2. The Labute approximate surface area is 75.2 Å². The molecule has 13 heavy (non-hydrogen) atoms. The average molecular weight is 183 g/mol. The Hall–Kier alpha value is -1.45. The lowest BCUT2D eigenvalue weighted by molar-refractivity contribution is -0.141. The van der Waals surface area contributed by atoms with Gasteiger partial charge in [-0.2, -0.15) is 0 Å². The van der Waals surface area contributed by atoms with E-state index in [0.29, 0.717) is 5.56 Å². The molecular weight excluding hydrogens is 173 g/mol. The minimum Gasteiger partial charge on any atom is -0.481 e. The molecule has 0 spiro atoms. The van der Waals surface area contributed by atoms with Crippen LogP contribution < -0.4 is 0 Å². The van der Waals surface area contributed by atoms with Crippen molar-refractivity contribution in [3.63, 3.8) is 0 Å². The quantitative estimate of drug-likeness (QED) is 0.772. The van der Waals surface area contributed by atoms with Crippen molar-refractivity contribution >= 4 is 5.97 Å². The molecule has 1 rings (SSSR count). The van der Waals surface area contributed by atoms with Crippen LogP contribution in [0.25, 0.3) is 0 Å². The number of pyridine rings is 1. The van der Waals surface area contributed by atoms with Gasteiger partial charge in [0, 0.05) is 6.20 Å². The van der Waals surface area contributed by atoms with E-state index in [0.717, 1.165) is 6.20 Å². The predicted octanol–water partition coefficient (Wildman–Crippen LogP) is 1.48. The van der Waals surface area contributed by atoms with E-state index in [2.05, 4.69) is 4.98 Å². The van der Waals surface area contributed by atoms with Gasteiger partial charge in [-0.05, 0) is 18.1 Å². The summed E-state index contributed by atoms with van der Waals surface area (Å²) in [4.78, 5) is 14.1. The van der Waals surface area contributed by atoms with Gasteiger partial charge in [-0.1, -0.05) is 6.92 Å². The molecule has 1 unspecified atom stereocenters. The standard InChI is InChI=1S/C9H10FNO2/c1-6(9(12)13)4-7-2-3-11-5-8(7)10/h2-3,5-6H,4H2,1H3,(H,12,13). The Morgan fingerprint density at radius 3 is 3.00 bits per heavy atom. The third-order valence-electron chi connectivity index (χ3n) is 1.80. The number of aromatic nitrogens is 1. The topological polar surface area (TPSA) is 50.2 Å². The van der Waals surface area contributed by atoms with Gasteiger partial charge in [0.1, 0.15) is 5.82 Å². The van der Waals surface area contributed by atoms with Crippen LogP contribution in [0.4, 0.5) is 4.39 Å². The largest absolute Gasteiger partial charge is 0.481 e. The Morgan fingerprint density at radius 1 is 1.77 bits per heavy atom. The molecule has 70 valence electrons. The molecule has 1 aromatic heterocycles. The second-order valence-corrected chi connectivity index (χ2v) is 2.91. The van der Waals surface area contributed by atoms with Gasteiger partial charge < -0.3 is 5.11 Å². The number of halogens is 1. The number of carbonyl (C=O) groups is 1. The highest BCUT2D eigenvalue weighted by Gasteiger charge is 2.13. The highest BCUT2D eigenvalue weighted by atomic mass is 19.1. The fourth-order valence-corrected chi connectivity index (χ4v) is 0.987. The fraction of sp³-hybridized carbons (Fsp3) is 0.333. The summed E-state index contributed by atoms with van der Waals surface area (Å²) in [6, 6.07) is 1.49. The van der Waals surface area contributed by atoms with Crippen LogP contribution in [0.3, 0.4) is 0 Å². The molecule has 0 aliphatic carbocycles. The third kappa shape index (κ3) is 2.50. The monoisotopic (exact) mass is 183 g/mol. The van der Waals surface area contributed by atoms with E-state index in [1.807, 2.05) is 0 Å². The maximum absolute atomic E-state index is 13.0. The zero-order chi connectivity index (χ0) is 9.84. The summed E-state index contributed by atoms with van der Waals surface area (Å²) in [6.07, 6.45) is 2.74. The first kappa shape index (κ1) is 9.64. The van der Waals surface area contributed by atoms with Crippen molar-refractivity contribution in [2.75, 3.05) is 0 Å². The number of hydrogen-bond acceptors (Lipinski definition) is 2. The van der Waals surface area contributed by atoms with Crippen molar-refractivity contribution in [3.8, 4) is 0 Å². The van der Waals surface area contributed by atoms with Gasteiger partial charge in [0.25, 0.3) is 0 Å². The van der Waals surface area contributed by atoms with Crippen molar-refractivity contribution in [2.45, 2.75) is 13.3 Å². The van der Waals surface area contributed by atoms with Gasteiger partial charge in [-0.25, -0.2) is 4.39 Å². The molecule has 0 aromatic carbocycles. The van der Waals surface area contributed by atoms with Crippen LogP contribution in [0.1, 0.15) is 12.5 Å². The lowest BCUT2D eigenvalue weighted by Gasteiger charge is -2.05. The molecule has 0 aliphatic rings. The molecule has 4 heteroatoms. The molecule has 0 saturated carbocycles. The number of nitrogens with zero attached hydrogens (tertiary/aromatic N) is 1. The van der Waals surface area contributed by atoms with Gasteiger partial charge >= 0.3 is 5.97 Å². The van der Waals surface area contributed by atoms with Crippen molar-refractivity contribution in [2.24, 2.45) is 5.92 Å². The summed E-state index contributed by atoms with van der Waals surface area (Å²) in [5.74, 6) is -1.94. The lowest BCUT2D eigenvalue weighted by Crippen LogP contribution is -2.13. The van der Waals surface area contributed by atoms with Crippen LogP contribution in [-0.2, 0) is 11.2 Å². The number of hydrogen-bond donors (Lipinski definition) is 1. The molecule has 0 radical (unpaired) electrons. The molecule has 0 aliphatic heterocycles. The minimum absolute atomic E-state index is 0.198. The normalized spacial score (nSPS) is 12.5. The maximum Gasteiger partial charge on any atom is 0.306 e. The van der Waals surface area contributed by atoms with E-state index in [9.17, 15) is 9.18 Å². The summed E-state index contributed by atoms with van der Waals surface area (Å²) in [6.45, 7) is 1.54. The molecule has 1 heterocycles. The van der Waals surface area contributed by atoms with Gasteiger partial charge in [-0.15, -0.1) is 0 Å². The maximum atomic E-state index is 13.0. The van der Waals surface area contributed by atoms with E-state index in [1.54, 1.807) is 6.92 Å². The summed E-state index contributed by atoms with van der Waals surface area (Å²) in [5.41, 5.74) is 0.393. The van der Waals surface area contributed by atoms with Crippen LogP contribution in [0.15, 0.2) is 18.5 Å². The second kappa shape index (κ2) is 3.98. The van der Waals surface area contributed by atoms with Crippen molar-refractivity contribution < 1.29 is 14.3 Å². The van der Waals surface area contributed by atoms with E-state index >= 15 is 0 Å². The predicted molar refractivity (Wildman–Crippen MR) is 44.7 cm³/mol. The second-order valence-electron chi connectivity index (χ2n) is 2.91. The molecule has 0 amide bonds. The van der Waals surface area contributed by atoms with Crippen LogP contribution >= 0.6 is 0 Å². The van der Waals surface area contributed by atoms with E-state index < -0.39 is 17.7 Å². The molecule has 1 aromatic rings. The molecule has 0 bridgehead atoms. The Morgan fingerprint density at radius 2 is 2.46 bits per heavy atom. The van der Waals surface area contributed by atoms with Crippen LogP contribution in [0.2, 0.25) is 0 Å². The number of carboxylic acid groups (broad SMARTS) is 1. The van der Waals surface area contributed by atoms with Gasteiger partial charge in [0.2, 0.25) is 0 Å².